The minimum atomic E-state index is -0.0678. The number of rotatable bonds is 6. The Labute approximate surface area is 147 Å². The first-order chi connectivity index (χ1) is 12.1. The van der Waals surface area contributed by atoms with Crippen LogP contribution >= 0.6 is 0 Å². The fraction of sp³-hybridized carbons (Fsp3) is 0.286. The molecule has 3 rings (SSSR count). The molecule has 0 spiro atoms. The van der Waals surface area contributed by atoms with E-state index in [1.54, 1.807) is 6.26 Å². The summed E-state index contributed by atoms with van der Waals surface area (Å²) in [4.78, 5) is 12.4. The van der Waals surface area contributed by atoms with Crippen LogP contribution < -0.4 is 10.1 Å². The number of ether oxygens (including phenoxy) is 1. The smallest absolute Gasteiger partial charge is 0.228 e. The number of fused-ring (bicyclic) bond motifs is 1. The predicted octanol–water partition coefficient (Wildman–Crippen LogP) is 5.14. The highest BCUT2D eigenvalue weighted by Gasteiger charge is 2.12. The van der Waals surface area contributed by atoms with Gasteiger partial charge in [-0.15, -0.1) is 0 Å². The first-order valence-electron chi connectivity index (χ1n) is 8.59. The molecule has 0 saturated heterocycles. The van der Waals surface area contributed by atoms with E-state index in [1.807, 2.05) is 37.3 Å². The van der Waals surface area contributed by atoms with Crippen LogP contribution in [0.4, 0.5) is 5.69 Å². The number of anilines is 1. The van der Waals surface area contributed by atoms with Crippen LogP contribution in [0, 0.1) is 0 Å². The molecule has 0 saturated carbocycles. The van der Waals surface area contributed by atoms with E-state index >= 15 is 0 Å². The van der Waals surface area contributed by atoms with Crippen molar-refractivity contribution in [2.45, 2.75) is 33.1 Å². The van der Waals surface area contributed by atoms with Gasteiger partial charge >= 0.3 is 0 Å². The second-order valence-electron chi connectivity index (χ2n) is 6.35. The Balaban J connectivity index is 1.72. The standard InChI is InChI=1S/C21H23NO3/c1-4-24-18-8-6-17(7-9-18)22-21(23)12-16-13-25-20-10-5-15(14(2)3)11-19(16)20/h5-11,13-14H,4,12H2,1-3H3,(H,22,23). The molecule has 130 valence electrons. The molecule has 0 bridgehead atoms. The van der Waals surface area contributed by atoms with E-state index < -0.39 is 0 Å². The molecule has 0 fully saturated rings. The third-order valence-electron chi connectivity index (χ3n) is 4.14. The lowest BCUT2D eigenvalue weighted by Gasteiger charge is -2.07. The van der Waals surface area contributed by atoms with E-state index in [1.165, 1.54) is 5.56 Å². The first-order valence-corrected chi connectivity index (χ1v) is 8.59. The fourth-order valence-electron chi connectivity index (χ4n) is 2.77. The fourth-order valence-corrected chi connectivity index (χ4v) is 2.77. The summed E-state index contributed by atoms with van der Waals surface area (Å²) >= 11 is 0. The molecule has 0 atom stereocenters. The van der Waals surface area contributed by atoms with Gasteiger partial charge in [0, 0.05) is 16.6 Å². The molecule has 0 aliphatic heterocycles. The summed E-state index contributed by atoms with van der Waals surface area (Å²) in [7, 11) is 0. The van der Waals surface area contributed by atoms with Gasteiger partial charge in [0.1, 0.15) is 11.3 Å². The molecule has 0 aliphatic rings. The average molecular weight is 337 g/mol. The van der Waals surface area contributed by atoms with Crippen LogP contribution in [0.15, 0.2) is 53.1 Å². The number of carbonyl (C=O) groups excluding carboxylic acids is 1. The van der Waals surface area contributed by atoms with Gasteiger partial charge in [-0.1, -0.05) is 19.9 Å². The average Bonchev–Trinajstić information content (AvgIpc) is 2.99. The van der Waals surface area contributed by atoms with Crippen LogP contribution in [0.25, 0.3) is 11.0 Å². The molecule has 3 aromatic rings. The van der Waals surface area contributed by atoms with E-state index in [4.69, 9.17) is 9.15 Å². The van der Waals surface area contributed by atoms with Gasteiger partial charge in [0.25, 0.3) is 0 Å². The van der Waals surface area contributed by atoms with Gasteiger partial charge in [0.2, 0.25) is 5.91 Å². The maximum Gasteiger partial charge on any atom is 0.228 e. The van der Waals surface area contributed by atoms with Crippen LogP contribution in [-0.2, 0) is 11.2 Å². The summed E-state index contributed by atoms with van der Waals surface area (Å²) in [5, 5.41) is 3.92. The van der Waals surface area contributed by atoms with Crippen LogP contribution in [0.1, 0.15) is 37.8 Å². The highest BCUT2D eigenvalue weighted by molar-refractivity contribution is 5.95. The number of benzene rings is 2. The van der Waals surface area contributed by atoms with Crippen molar-refractivity contribution in [3.8, 4) is 5.75 Å². The molecule has 4 nitrogen and oxygen atoms in total. The highest BCUT2D eigenvalue weighted by Crippen LogP contribution is 2.26. The van der Waals surface area contributed by atoms with Crippen molar-refractivity contribution < 1.29 is 13.9 Å². The van der Waals surface area contributed by atoms with Crippen molar-refractivity contribution in [2.75, 3.05) is 11.9 Å². The monoisotopic (exact) mass is 337 g/mol. The number of carbonyl (C=O) groups is 1. The van der Waals surface area contributed by atoms with E-state index in [2.05, 4.69) is 31.3 Å². The van der Waals surface area contributed by atoms with E-state index in [0.29, 0.717) is 12.5 Å². The second kappa shape index (κ2) is 7.43. The summed E-state index contributed by atoms with van der Waals surface area (Å²) in [6, 6.07) is 13.5. The highest BCUT2D eigenvalue weighted by atomic mass is 16.5. The summed E-state index contributed by atoms with van der Waals surface area (Å²) in [5.74, 6) is 1.16. The Morgan fingerprint density at radius 2 is 1.92 bits per heavy atom. The lowest BCUT2D eigenvalue weighted by molar-refractivity contribution is -0.115. The van der Waals surface area contributed by atoms with E-state index in [0.717, 1.165) is 28.0 Å². The van der Waals surface area contributed by atoms with E-state index in [-0.39, 0.29) is 12.3 Å². The van der Waals surface area contributed by atoms with Crippen molar-refractivity contribution in [3.63, 3.8) is 0 Å². The zero-order valence-corrected chi connectivity index (χ0v) is 14.8. The third-order valence-corrected chi connectivity index (χ3v) is 4.14. The molecule has 1 amide bonds. The summed E-state index contributed by atoms with van der Waals surface area (Å²) in [6.07, 6.45) is 1.95. The van der Waals surface area contributed by atoms with Crippen LogP contribution in [0.3, 0.4) is 0 Å². The van der Waals surface area contributed by atoms with Gasteiger partial charge in [0.15, 0.2) is 0 Å². The van der Waals surface area contributed by atoms with Gasteiger partial charge in [-0.25, -0.2) is 0 Å². The van der Waals surface area contributed by atoms with Crippen molar-refractivity contribution in [1.29, 1.82) is 0 Å². The Hall–Kier alpha value is -2.75. The first kappa shape index (κ1) is 17.1. The van der Waals surface area contributed by atoms with Gasteiger partial charge < -0.3 is 14.5 Å². The predicted molar refractivity (Wildman–Crippen MR) is 100 cm³/mol. The maximum absolute atomic E-state index is 12.4. The van der Waals surface area contributed by atoms with Gasteiger partial charge in [-0.05, 0) is 54.8 Å². The zero-order chi connectivity index (χ0) is 17.8. The number of hydrogen-bond donors (Lipinski definition) is 1. The minimum absolute atomic E-state index is 0.0678. The molecule has 0 radical (unpaired) electrons. The molecule has 1 aromatic heterocycles. The SMILES string of the molecule is CCOc1ccc(NC(=O)Cc2coc3ccc(C(C)C)cc23)cc1. The van der Waals surface area contributed by atoms with Crippen LogP contribution in [0.5, 0.6) is 5.75 Å². The summed E-state index contributed by atoms with van der Waals surface area (Å²) in [6.45, 7) is 6.87. The molecule has 0 unspecified atom stereocenters. The summed E-state index contributed by atoms with van der Waals surface area (Å²) in [5.41, 5.74) is 3.71. The lowest BCUT2D eigenvalue weighted by atomic mass is 10.00. The van der Waals surface area contributed by atoms with Gasteiger partial charge in [0.05, 0.1) is 19.3 Å². The molecule has 1 N–H and O–H groups in total. The minimum Gasteiger partial charge on any atom is -0.494 e. The summed E-state index contributed by atoms with van der Waals surface area (Å²) < 4.78 is 11.0. The largest absolute Gasteiger partial charge is 0.494 e. The molecule has 25 heavy (non-hydrogen) atoms. The Bertz CT molecular complexity index is 862. The number of amides is 1. The normalized spacial score (nSPS) is 11.0. The number of hydrogen-bond acceptors (Lipinski definition) is 3. The van der Waals surface area contributed by atoms with Crippen molar-refractivity contribution >= 4 is 22.6 Å². The lowest BCUT2D eigenvalue weighted by Crippen LogP contribution is -2.14. The Morgan fingerprint density at radius 1 is 1.16 bits per heavy atom. The zero-order valence-electron chi connectivity index (χ0n) is 14.8. The molecule has 2 aromatic carbocycles. The molecule has 4 heteroatoms. The van der Waals surface area contributed by atoms with Crippen molar-refractivity contribution in [1.82, 2.24) is 0 Å². The van der Waals surface area contributed by atoms with E-state index in [9.17, 15) is 4.79 Å². The van der Waals surface area contributed by atoms with Gasteiger partial charge in [-0.3, -0.25) is 4.79 Å². The topological polar surface area (TPSA) is 51.5 Å². The number of nitrogens with one attached hydrogen (secondary N) is 1. The maximum atomic E-state index is 12.4. The molecular weight excluding hydrogens is 314 g/mol. The molecule has 1 heterocycles. The van der Waals surface area contributed by atoms with Crippen LogP contribution in [-0.4, -0.2) is 12.5 Å². The Morgan fingerprint density at radius 3 is 2.60 bits per heavy atom. The quantitative estimate of drug-likeness (QED) is 0.678. The second-order valence-corrected chi connectivity index (χ2v) is 6.35. The van der Waals surface area contributed by atoms with Crippen LogP contribution in [0.2, 0.25) is 0 Å². The Kier molecular flexibility index (Phi) is 5.08. The third kappa shape index (κ3) is 4.02. The van der Waals surface area contributed by atoms with Gasteiger partial charge in [-0.2, -0.15) is 0 Å². The molecular formula is C21H23NO3. The molecule has 0 aliphatic carbocycles. The van der Waals surface area contributed by atoms with Crippen molar-refractivity contribution in [3.05, 3.63) is 59.9 Å². The van der Waals surface area contributed by atoms with Crippen molar-refractivity contribution in [2.24, 2.45) is 0 Å². The number of furan rings is 1.